The number of carboxylic acid groups (broad SMARTS) is 1. The lowest BCUT2D eigenvalue weighted by Gasteiger charge is -2.07. The molecule has 0 aliphatic heterocycles. The van der Waals surface area contributed by atoms with Gasteiger partial charge in [-0.2, -0.15) is 0 Å². The summed E-state index contributed by atoms with van der Waals surface area (Å²) in [5, 5.41) is 9.15. The molecule has 0 bridgehead atoms. The summed E-state index contributed by atoms with van der Waals surface area (Å²) in [5.41, 5.74) is 2.55. The highest BCUT2D eigenvalue weighted by Crippen LogP contribution is 2.34. The number of carbonyl (C=O) groups is 1. The van der Waals surface area contributed by atoms with Crippen molar-refractivity contribution in [1.82, 2.24) is 0 Å². The van der Waals surface area contributed by atoms with E-state index in [0.29, 0.717) is 40.9 Å². The van der Waals surface area contributed by atoms with E-state index in [-0.39, 0.29) is 11.2 Å². The summed E-state index contributed by atoms with van der Waals surface area (Å²) in [6, 6.07) is 10.7. The zero-order valence-electron chi connectivity index (χ0n) is 14.2. The van der Waals surface area contributed by atoms with Crippen LogP contribution in [-0.4, -0.2) is 17.7 Å². The van der Waals surface area contributed by atoms with E-state index in [9.17, 15) is 14.0 Å². The van der Waals surface area contributed by atoms with Crippen LogP contribution in [0.5, 0.6) is 5.75 Å². The van der Waals surface area contributed by atoms with Crippen molar-refractivity contribution in [2.75, 3.05) is 6.61 Å². The van der Waals surface area contributed by atoms with Crippen molar-refractivity contribution in [3.63, 3.8) is 0 Å². The van der Waals surface area contributed by atoms with Crippen molar-refractivity contribution in [1.29, 1.82) is 0 Å². The Morgan fingerprint density at radius 1 is 1.19 bits per heavy atom. The largest absolute Gasteiger partial charge is 0.482 e. The molecule has 0 fully saturated rings. The average molecular weight is 366 g/mol. The van der Waals surface area contributed by atoms with Gasteiger partial charge in [0.1, 0.15) is 22.9 Å². The van der Waals surface area contributed by atoms with Gasteiger partial charge in [-0.1, -0.05) is 12.1 Å². The maximum absolute atomic E-state index is 13.1. The van der Waals surface area contributed by atoms with Gasteiger partial charge in [-0.3, -0.25) is 4.79 Å². The van der Waals surface area contributed by atoms with Gasteiger partial charge in [0.05, 0.1) is 5.39 Å². The van der Waals surface area contributed by atoms with E-state index in [1.165, 1.54) is 18.2 Å². The van der Waals surface area contributed by atoms with Gasteiger partial charge in [0, 0.05) is 11.6 Å². The molecule has 0 atom stereocenters. The van der Waals surface area contributed by atoms with Crippen molar-refractivity contribution >= 4 is 28.6 Å². The Hall–Kier alpha value is -3.41. The number of benzene rings is 2. The molecule has 1 aliphatic rings. The van der Waals surface area contributed by atoms with E-state index in [4.69, 9.17) is 14.3 Å². The summed E-state index contributed by atoms with van der Waals surface area (Å²) < 4.78 is 24.2. The number of rotatable bonds is 4. The third-order valence-corrected chi connectivity index (χ3v) is 4.47. The quantitative estimate of drug-likeness (QED) is 0.758. The fraction of sp³-hybridized carbons (Fsp3) is 0.143. The molecule has 0 unspecified atom stereocenters. The Morgan fingerprint density at radius 3 is 2.70 bits per heavy atom. The summed E-state index contributed by atoms with van der Waals surface area (Å²) in [6.07, 6.45) is 3.12. The van der Waals surface area contributed by atoms with Gasteiger partial charge in [-0.25, -0.2) is 9.18 Å². The van der Waals surface area contributed by atoms with Gasteiger partial charge < -0.3 is 14.3 Å². The molecule has 3 aromatic rings. The topological polar surface area (TPSA) is 76.7 Å². The van der Waals surface area contributed by atoms with Gasteiger partial charge in [-0.15, -0.1) is 0 Å². The van der Waals surface area contributed by atoms with E-state index < -0.39 is 12.6 Å². The summed E-state index contributed by atoms with van der Waals surface area (Å²) in [4.78, 5) is 23.4. The first kappa shape index (κ1) is 17.0. The van der Waals surface area contributed by atoms with Gasteiger partial charge in [0.15, 0.2) is 12.0 Å². The van der Waals surface area contributed by atoms with Crippen LogP contribution in [0.1, 0.15) is 23.3 Å². The van der Waals surface area contributed by atoms with E-state index in [1.54, 1.807) is 24.3 Å². The zero-order valence-corrected chi connectivity index (χ0v) is 14.2. The Bertz CT molecular complexity index is 1130. The molecule has 1 heterocycles. The normalized spacial score (nSPS) is 14.5. The first-order valence-corrected chi connectivity index (χ1v) is 8.42. The second kappa shape index (κ2) is 6.72. The van der Waals surface area contributed by atoms with Crippen LogP contribution in [0.2, 0.25) is 0 Å². The van der Waals surface area contributed by atoms with Crippen LogP contribution in [-0.2, 0) is 11.2 Å². The molecule has 1 aromatic heterocycles. The Balaban J connectivity index is 1.77. The van der Waals surface area contributed by atoms with E-state index >= 15 is 0 Å². The molecule has 1 aliphatic carbocycles. The maximum Gasteiger partial charge on any atom is 0.341 e. The van der Waals surface area contributed by atoms with E-state index in [0.717, 1.165) is 11.1 Å². The molecule has 5 nitrogen and oxygen atoms in total. The molecular weight excluding hydrogens is 351 g/mol. The van der Waals surface area contributed by atoms with Crippen molar-refractivity contribution in [2.24, 2.45) is 0 Å². The highest BCUT2D eigenvalue weighted by Gasteiger charge is 2.24. The minimum absolute atomic E-state index is 0.0986. The smallest absolute Gasteiger partial charge is 0.341 e. The number of hydrogen-bond donors (Lipinski definition) is 1. The third-order valence-electron chi connectivity index (χ3n) is 4.47. The lowest BCUT2D eigenvalue weighted by atomic mass is 10.1. The minimum atomic E-state index is -1.09. The van der Waals surface area contributed by atoms with Crippen molar-refractivity contribution in [3.05, 3.63) is 75.4 Å². The monoisotopic (exact) mass is 366 g/mol. The molecule has 0 radical (unpaired) electrons. The molecule has 0 saturated carbocycles. The molecule has 27 heavy (non-hydrogen) atoms. The standard InChI is InChI=1S/C21H15FO5/c22-14-4-1-12(2-5-14)9-13-3-7-17-20(25)16-8-6-15(26-11-19(23)24)10-18(16)27-21(13)17/h1-2,4-6,8-10H,3,7,11H2,(H,23,24)/b13-9+. The molecule has 2 aromatic carbocycles. The second-order valence-electron chi connectivity index (χ2n) is 6.30. The third kappa shape index (κ3) is 3.33. The highest BCUT2D eigenvalue weighted by molar-refractivity contribution is 5.87. The van der Waals surface area contributed by atoms with E-state index in [2.05, 4.69) is 0 Å². The summed E-state index contributed by atoms with van der Waals surface area (Å²) in [5.74, 6) is -0.562. The number of carboxylic acids is 1. The number of fused-ring (bicyclic) bond motifs is 2. The van der Waals surface area contributed by atoms with Crippen molar-refractivity contribution < 1.29 is 23.4 Å². The Kier molecular flexibility index (Phi) is 4.24. The molecule has 0 amide bonds. The van der Waals surface area contributed by atoms with Crippen LogP contribution in [0, 0.1) is 5.82 Å². The maximum atomic E-state index is 13.1. The minimum Gasteiger partial charge on any atom is -0.482 e. The van der Waals surface area contributed by atoms with Crippen LogP contribution in [0.25, 0.3) is 22.6 Å². The first-order chi connectivity index (χ1) is 13.0. The lowest BCUT2D eigenvalue weighted by Crippen LogP contribution is -2.10. The van der Waals surface area contributed by atoms with Crippen LogP contribution in [0.3, 0.4) is 0 Å². The van der Waals surface area contributed by atoms with Gasteiger partial charge >= 0.3 is 5.97 Å². The molecular formula is C21H15FO5. The molecule has 4 rings (SSSR count). The fourth-order valence-electron chi connectivity index (χ4n) is 3.20. The highest BCUT2D eigenvalue weighted by atomic mass is 19.1. The van der Waals surface area contributed by atoms with E-state index in [1.807, 2.05) is 6.08 Å². The number of halogens is 1. The van der Waals surface area contributed by atoms with Crippen LogP contribution in [0.15, 0.2) is 51.7 Å². The first-order valence-electron chi connectivity index (χ1n) is 8.42. The summed E-state index contributed by atoms with van der Waals surface area (Å²) in [7, 11) is 0. The number of ether oxygens (including phenoxy) is 1. The van der Waals surface area contributed by atoms with Crippen molar-refractivity contribution in [3.8, 4) is 5.75 Å². The predicted molar refractivity (Wildman–Crippen MR) is 98.2 cm³/mol. The van der Waals surface area contributed by atoms with Gasteiger partial charge in [-0.05, 0) is 54.3 Å². The molecule has 1 N–H and O–H groups in total. The van der Waals surface area contributed by atoms with Crippen LogP contribution in [0.4, 0.5) is 4.39 Å². The van der Waals surface area contributed by atoms with Crippen molar-refractivity contribution in [2.45, 2.75) is 12.8 Å². The van der Waals surface area contributed by atoms with Gasteiger partial charge in [0.25, 0.3) is 0 Å². The fourth-order valence-corrected chi connectivity index (χ4v) is 3.20. The van der Waals surface area contributed by atoms with Gasteiger partial charge in [0.2, 0.25) is 0 Å². The molecule has 136 valence electrons. The molecule has 0 spiro atoms. The Morgan fingerprint density at radius 2 is 1.96 bits per heavy atom. The molecule has 0 saturated heterocycles. The van der Waals surface area contributed by atoms with Crippen LogP contribution >= 0.6 is 0 Å². The Labute approximate surface area is 153 Å². The summed E-state index contributed by atoms with van der Waals surface area (Å²) in [6.45, 7) is -0.476. The lowest BCUT2D eigenvalue weighted by molar-refractivity contribution is -0.139. The molecule has 6 heteroatoms. The van der Waals surface area contributed by atoms with Crippen LogP contribution < -0.4 is 10.2 Å². The number of allylic oxidation sites excluding steroid dienone is 1. The summed E-state index contributed by atoms with van der Waals surface area (Å²) >= 11 is 0. The average Bonchev–Trinajstić information content (AvgIpc) is 3.05. The number of hydrogen-bond acceptors (Lipinski definition) is 4. The SMILES string of the molecule is O=C(O)COc1ccc2c(=O)c3c(oc2c1)/C(=C/c1ccc(F)cc1)CC3. The number of aliphatic carboxylic acids is 1. The zero-order chi connectivity index (χ0) is 19.0. The predicted octanol–water partition coefficient (Wildman–Crippen LogP) is 3.88. The second-order valence-corrected chi connectivity index (χ2v) is 6.30.